The van der Waals surface area contributed by atoms with E-state index in [0.717, 1.165) is 36.5 Å². The minimum atomic E-state index is 0.138. The molecular formula is C20H29N3O. The summed E-state index contributed by atoms with van der Waals surface area (Å²) in [5.41, 5.74) is 4.44. The molecule has 2 heterocycles. The van der Waals surface area contributed by atoms with E-state index in [4.69, 9.17) is 0 Å². The van der Waals surface area contributed by atoms with E-state index in [9.17, 15) is 5.11 Å². The lowest BCUT2D eigenvalue weighted by molar-refractivity contribution is 0.148. The van der Waals surface area contributed by atoms with Crippen LogP contribution in [0.5, 0.6) is 0 Å². The topological polar surface area (TPSA) is 41.3 Å². The highest BCUT2D eigenvalue weighted by molar-refractivity contribution is 5.64. The smallest absolute Gasteiger partial charge is 0.136 e. The Bertz CT molecular complexity index is 653. The lowest BCUT2D eigenvalue weighted by atomic mass is 10.1. The zero-order valence-corrected chi connectivity index (χ0v) is 15.3. The van der Waals surface area contributed by atoms with Gasteiger partial charge in [0, 0.05) is 30.2 Å². The summed E-state index contributed by atoms with van der Waals surface area (Å²) in [5, 5.41) is 9.42. The molecule has 24 heavy (non-hydrogen) atoms. The molecule has 1 atom stereocenters. The zero-order chi connectivity index (χ0) is 17.7. The molecule has 4 heteroatoms. The molecule has 0 fully saturated rings. The Morgan fingerprint density at radius 2 is 1.92 bits per heavy atom. The van der Waals surface area contributed by atoms with E-state index in [1.165, 1.54) is 11.4 Å². The molecule has 2 aromatic heterocycles. The van der Waals surface area contributed by atoms with E-state index in [0.29, 0.717) is 0 Å². The van der Waals surface area contributed by atoms with E-state index in [-0.39, 0.29) is 12.6 Å². The quantitative estimate of drug-likeness (QED) is 0.805. The van der Waals surface area contributed by atoms with Crippen LogP contribution in [0.25, 0.3) is 11.4 Å². The largest absolute Gasteiger partial charge is 0.395 e. The Morgan fingerprint density at radius 1 is 1.25 bits per heavy atom. The molecule has 0 saturated carbocycles. The minimum absolute atomic E-state index is 0.138. The first-order valence-electron chi connectivity index (χ1n) is 8.62. The predicted molar refractivity (Wildman–Crippen MR) is 100 cm³/mol. The van der Waals surface area contributed by atoms with Crippen LogP contribution in [0.4, 0.5) is 0 Å². The number of nitrogens with zero attached hydrogens (tertiary/aromatic N) is 3. The van der Waals surface area contributed by atoms with E-state index < -0.39 is 0 Å². The summed E-state index contributed by atoms with van der Waals surface area (Å²) in [5.74, 6) is 0.931. The molecule has 0 radical (unpaired) electrons. The van der Waals surface area contributed by atoms with Gasteiger partial charge in [0.15, 0.2) is 0 Å². The van der Waals surface area contributed by atoms with Crippen molar-refractivity contribution in [3.63, 3.8) is 0 Å². The van der Waals surface area contributed by atoms with E-state index in [2.05, 4.69) is 60.0 Å². The molecule has 0 amide bonds. The van der Waals surface area contributed by atoms with Gasteiger partial charge in [-0.2, -0.15) is 0 Å². The standard InChI is InChI=1S/C20H29N3O/c1-6-11-22(18(5)14-24)13-15(2)19-9-10-20(21-12-19)23-16(3)7-8-17(23)4/h7-10,12,18,24H,2,6,11,13-14H2,1,3-5H3/t18-/m0/s1. The van der Waals surface area contributed by atoms with Crippen LogP contribution >= 0.6 is 0 Å². The van der Waals surface area contributed by atoms with Gasteiger partial charge in [0.1, 0.15) is 5.82 Å². The van der Waals surface area contributed by atoms with Crippen LogP contribution in [0.15, 0.2) is 37.0 Å². The fourth-order valence-electron chi connectivity index (χ4n) is 2.95. The van der Waals surface area contributed by atoms with Crippen molar-refractivity contribution in [1.82, 2.24) is 14.5 Å². The maximum atomic E-state index is 9.42. The highest BCUT2D eigenvalue weighted by Gasteiger charge is 2.14. The van der Waals surface area contributed by atoms with Crippen LogP contribution in [-0.4, -0.2) is 45.3 Å². The van der Waals surface area contributed by atoms with Gasteiger partial charge >= 0.3 is 0 Å². The Balaban J connectivity index is 2.14. The van der Waals surface area contributed by atoms with Gasteiger partial charge in [-0.15, -0.1) is 0 Å². The molecule has 0 saturated heterocycles. The number of aliphatic hydroxyl groups excluding tert-OH is 1. The van der Waals surface area contributed by atoms with E-state index in [1.54, 1.807) is 0 Å². The molecule has 0 spiro atoms. The van der Waals surface area contributed by atoms with Gasteiger partial charge in [-0.05, 0) is 69.1 Å². The highest BCUT2D eigenvalue weighted by atomic mass is 16.3. The fraction of sp³-hybridized carbons (Fsp3) is 0.450. The fourth-order valence-corrected chi connectivity index (χ4v) is 2.95. The van der Waals surface area contributed by atoms with Crippen LogP contribution in [0.2, 0.25) is 0 Å². The highest BCUT2D eigenvalue weighted by Crippen LogP contribution is 2.18. The number of hydrogen-bond donors (Lipinski definition) is 1. The Kier molecular flexibility index (Phi) is 6.35. The summed E-state index contributed by atoms with van der Waals surface area (Å²) in [6.07, 6.45) is 2.95. The number of aryl methyl sites for hydroxylation is 2. The van der Waals surface area contributed by atoms with Gasteiger partial charge < -0.3 is 9.67 Å². The second-order valence-electron chi connectivity index (χ2n) is 6.46. The molecular weight excluding hydrogens is 298 g/mol. The first kappa shape index (κ1) is 18.4. The van der Waals surface area contributed by atoms with Gasteiger partial charge in [-0.3, -0.25) is 4.90 Å². The first-order chi connectivity index (χ1) is 11.5. The Labute approximate surface area is 145 Å². The summed E-state index contributed by atoms with van der Waals surface area (Å²) in [6, 6.07) is 8.46. The first-order valence-corrected chi connectivity index (χ1v) is 8.62. The molecule has 0 aliphatic heterocycles. The van der Waals surface area contributed by atoms with Gasteiger partial charge in [-0.25, -0.2) is 4.98 Å². The maximum absolute atomic E-state index is 9.42. The Morgan fingerprint density at radius 3 is 2.42 bits per heavy atom. The predicted octanol–water partition coefficient (Wildman–Crippen LogP) is 3.60. The third-order valence-electron chi connectivity index (χ3n) is 4.45. The number of aliphatic hydroxyl groups is 1. The lowest BCUT2D eigenvalue weighted by Gasteiger charge is -2.28. The normalized spacial score (nSPS) is 12.6. The van der Waals surface area contributed by atoms with Crippen molar-refractivity contribution in [2.24, 2.45) is 0 Å². The molecule has 1 N–H and O–H groups in total. The van der Waals surface area contributed by atoms with Gasteiger partial charge in [0.05, 0.1) is 6.61 Å². The molecule has 0 aromatic carbocycles. The van der Waals surface area contributed by atoms with Crippen molar-refractivity contribution in [3.8, 4) is 5.82 Å². The van der Waals surface area contributed by atoms with Gasteiger partial charge in [-0.1, -0.05) is 13.5 Å². The third-order valence-corrected chi connectivity index (χ3v) is 4.45. The summed E-state index contributed by atoms with van der Waals surface area (Å²) in [6.45, 7) is 14.4. The van der Waals surface area contributed by atoms with E-state index in [1.807, 2.05) is 19.2 Å². The molecule has 130 valence electrons. The summed E-state index contributed by atoms with van der Waals surface area (Å²) < 4.78 is 2.14. The van der Waals surface area contributed by atoms with Crippen LogP contribution in [0.1, 0.15) is 37.2 Å². The zero-order valence-electron chi connectivity index (χ0n) is 15.3. The van der Waals surface area contributed by atoms with E-state index >= 15 is 0 Å². The maximum Gasteiger partial charge on any atom is 0.136 e. The molecule has 0 aliphatic carbocycles. The van der Waals surface area contributed by atoms with Crippen molar-refractivity contribution in [2.45, 2.75) is 40.2 Å². The van der Waals surface area contributed by atoms with Crippen LogP contribution in [-0.2, 0) is 0 Å². The molecule has 2 rings (SSSR count). The van der Waals surface area contributed by atoms with Crippen molar-refractivity contribution in [3.05, 3.63) is 54.0 Å². The average molecular weight is 327 g/mol. The molecule has 0 unspecified atom stereocenters. The number of hydrogen-bond acceptors (Lipinski definition) is 3. The van der Waals surface area contributed by atoms with Crippen molar-refractivity contribution < 1.29 is 5.11 Å². The summed E-state index contributed by atoms with van der Waals surface area (Å²) in [7, 11) is 0. The summed E-state index contributed by atoms with van der Waals surface area (Å²) in [4.78, 5) is 6.88. The Hall–Kier alpha value is -1.91. The second-order valence-corrected chi connectivity index (χ2v) is 6.46. The second kappa shape index (κ2) is 8.27. The molecule has 4 nitrogen and oxygen atoms in total. The SMILES string of the molecule is C=C(CN(CCC)[C@@H](C)CO)c1ccc(-n2c(C)ccc2C)nc1. The van der Waals surface area contributed by atoms with Gasteiger partial charge in [0.25, 0.3) is 0 Å². The van der Waals surface area contributed by atoms with Crippen LogP contribution in [0.3, 0.4) is 0 Å². The van der Waals surface area contributed by atoms with Crippen molar-refractivity contribution in [1.29, 1.82) is 0 Å². The van der Waals surface area contributed by atoms with Crippen LogP contribution < -0.4 is 0 Å². The summed E-state index contributed by atoms with van der Waals surface area (Å²) >= 11 is 0. The average Bonchev–Trinajstić information content (AvgIpc) is 2.92. The lowest BCUT2D eigenvalue weighted by Crippen LogP contribution is -2.37. The van der Waals surface area contributed by atoms with Gasteiger partial charge in [0.2, 0.25) is 0 Å². The van der Waals surface area contributed by atoms with Crippen LogP contribution in [0, 0.1) is 13.8 Å². The number of rotatable bonds is 8. The monoisotopic (exact) mass is 327 g/mol. The molecule has 0 bridgehead atoms. The van der Waals surface area contributed by atoms with Crippen molar-refractivity contribution in [2.75, 3.05) is 19.7 Å². The number of aromatic nitrogens is 2. The third kappa shape index (κ3) is 4.13. The minimum Gasteiger partial charge on any atom is -0.395 e. The van der Waals surface area contributed by atoms with Crippen molar-refractivity contribution >= 4 is 5.57 Å². The molecule has 2 aromatic rings. The number of pyridine rings is 1. The molecule has 0 aliphatic rings.